The molecule has 1 aromatic carbocycles. The summed E-state index contributed by atoms with van der Waals surface area (Å²) in [6.07, 6.45) is 4.43. The van der Waals surface area contributed by atoms with Crippen molar-refractivity contribution in [3.8, 4) is 0 Å². The number of hydrogen-bond donors (Lipinski definition) is 2. The Balaban J connectivity index is 1.42. The molecule has 0 saturated carbocycles. The zero-order chi connectivity index (χ0) is 21.7. The molecule has 1 fully saturated rings. The number of carbonyl (C=O) groups excluding carboxylic acids is 3. The van der Waals surface area contributed by atoms with Gasteiger partial charge in [-0.1, -0.05) is 30.7 Å². The quantitative estimate of drug-likeness (QED) is 0.431. The van der Waals surface area contributed by atoms with Gasteiger partial charge < -0.3 is 15.3 Å². The number of imide groups is 1. The Morgan fingerprint density at radius 1 is 1.20 bits per heavy atom. The van der Waals surface area contributed by atoms with Gasteiger partial charge in [0.25, 0.3) is 5.91 Å². The predicted molar refractivity (Wildman–Crippen MR) is 113 cm³/mol. The van der Waals surface area contributed by atoms with Crippen molar-refractivity contribution in [1.82, 2.24) is 15.1 Å². The van der Waals surface area contributed by atoms with Crippen molar-refractivity contribution in [2.24, 2.45) is 0 Å². The van der Waals surface area contributed by atoms with Crippen LogP contribution in [0.2, 0.25) is 0 Å². The van der Waals surface area contributed by atoms with Crippen LogP contribution in [0.4, 0.5) is 4.79 Å². The fourth-order valence-corrected chi connectivity index (χ4v) is 4.48. The smallest absolute Gasteiger partial charge is 0.327 e. The molecule has 0 aliphatic carbocycles. The van der Waals surface area contributed by atoms with Crippen molar-refractivity contribution >= 4 is 35.6 Å². The highest BCUT2D eigenvalue weighted by molar-refractivity contribution is 7.98. The maximum atomic E-state index is 12.7. The number of fused-ring (bicyclic) bond motifs is 2. The number of nitrogens with zero attached hydrogens (tertiary/aromatic N) is 2. The molecule has 0 bridgehead atoms. The average molecular weight is 434 g/mol. The molecule has 4 amide bonds. The van der Waals surface area contributed by atoms with Gasteiger partial charge in [-0.25, -0.2) is 9.59 Å². The summed E-state index contributed by atoms with van der Waals surface area (Å²) >= 11 is 1.36. The number of benzene rings is 1. The predicted octanol–water partition coefficient (Wildman–Crippen LogP) is 1.87. The molecule has 2 atom stereocenters. The summed E-state index contributed by atoms with van der Waals surface area (Å²) < 4.78 is 0. The maximum Gasteiger partial charge on any atom is 0.327 e. The number of hydrogen-bond acceptors (Lipinski definition) is 5. The first-order valence-corrected chi connectivity index (χ1v) is 11.5. The van der Waals surface area contributed by atoms with Gasteiger partial charge in [-0.3, -0.25) is 14.5 Å². The molecule has 9 heteroatoms. The molecule has 2 heterocycles. The van der Waals surface area contributed by atoms with E-state index in [2.05, 4.69) is 5.32 Å². The number of urea groups is 1. The van der Waals surface area contributed by atoms with Crippen LogP contribution >= 0.6 is 11.8 Å². The van der Waals surface area contributed by atoms with Crippen LogP contribution in [0.15, 0.2) is 24.3 Å². The third-order valence-electron chi connectivity index (χ3n) is 5.53. The minimum absolute atomic E-state index is 0.145. The summed E-state index contributed by atoms with van der Waals surface area (Å²) in [6.45, 7) is 0.801. The van der Waals surface area contributed by atoms with Gasteiger partial charge in [-0.2, -0.15) is 11.8 Å². The third kappa shape index (κ3) is 4.95. The van der Waals surface area contributed by atoms with Gasteiger partial charge in [-0.15, -0.1) is 0 Å². The molecule has 0 aromatic heterocycles. The first-order valence-electron chi connectivity index (χ1n) is 10.1. The lowest BCUT2D eigenvalue weighted by atomic mass is 9.95. The van der Waals surface area contributed by atoms with Crippen molar-refractivity contribution in [3.05, 3.63) is 35.4 Å². The van der Waals surface area contributed by atoms with E-state index >= 15 is 0 Å². The zero-order valence-electron chi connectivity index (χ0n) is 17.0. The maximum absolute atomic E-state index is 12.7. The molecule has 2 aliphatic rings. The summed E-state index contributed by atoms with van der Waals surface area (Å²) in [7, 11) is 0. The lowest BCUT2D eigenvalue weighted by Gasteiger charge is -2.28. The standard InChI is InChI=1S/C21H27N3O5S/c1-30-13-16(20(27)28)22-18(25)9-3-2-6-10-23-19(26)17-11-14-7-4-5-8-15(14)12-24(17)21(23)29/h4-5,7-8,16-17H,2-3,6,9-13H2,1H3,(H,22,25)(H,27,28)/t16-,17-/m0/s1. The highest BCUT2D eigenvalue weighted by Crippen LogP contribution is 2.30. The largest absolute Gasteiger partial charge is 0.480 e. The van der Waals surface area contributed by atoms with Crippen LogP contribution in [-0.2, 0) is 27.3 Å². The fraction of sp³-hybridized carbons (Fsp3) is 0.524. The van der Waals surface area contributed by atoms with Crippen molar-refractivity contribution < 1.29 is 24.3 Å². The molecule has 0 spiro atoms. The highest BCUT2D eigenvalue weighted by atomic mass is 32.2. The van der Waals surface area contributed by atoms with E-state index in [1.807, 2.05) is 24.3 Å². The summed E-state index contributed by atoms with van der Waals surface area (Å²) in [5.41, 5.74) is 2.21. The molecule has 0 radical (unpaired) electrons. The second kappa shape index (κ2) is 9.97. The Labute approximate surface area is 180 Å². The number of aliphatic carboxylic acids is 1. The molecule has 162 valence electrons. The SMILES string of the molecule is CSC[C@H](NC(=O)CCCCCN1C(=O)[C@@H]2Cc3ccccc3CN2C1=O)C(=O)O. The number of carboxylic acid groups (broad SMARTS) is 1. The molecule has 8 nitrogen and oxygen atoms in total. The van der Waals surface area contributed by atoms with E-state index in [9.17, 15) is 19.2 Å². The molecule has 30 heavy (non-hydrogen) atoms. The number of unbranched alkanes of at least 4 members (excludes halogenated alkanes) is 2. The number of carbonyl (C=O) groups is 4. The lowest BCUT2D eigenvalue weighted by molar-refractivity contribution is -0.141. The van der Waals surface area contributed by atoms with Gasteiger partial charge in [-0.05, 0) is 30.2 Å². The van der Waals surface area contributed by atoms with Crippen molar-refractivity contribution in [3.63, 3.8) is 0 Å². The summed E-state index contributed by atoms with van der Waals surface area (Å²) in [4.78, 5) is 51.4. The van der Waals surface area contributed by atoms with Crippen LogP contribution < -0.4 is 5.32 Å². The Morgan fingerprint density at radius 2 is 1.93 bits per heavy atom. The van der Waals surface area contributed by atoms with Crippen LogP contribution in [0.3, 0.4) is 0 Å². The molecule has 1 saturated heterocycles. The Bertz CT molecular complexity index is 788. The van der Waals surface area contributed by atoms with E-state index in [0.717, 1.165) is 11.1 Å². The van der Waals surface area contributed by atoms with E-state index in [1.54, 1.807) is 11.2 Å². The molecular formula is C21H27N3O5S. The Kier molecular flexibility index (Phi) is 7.36. The molecule has 2 N–H and O–H groups in total. The summed E-state index contributed by atoms with van der Waals surface area (Å²) in [5, 5.41) is 11.6. The topological polar surface area (TPSA) is 107 Å². The summed E-state index contributed by atoms with van der Waals surface area (Å²) in [6, 6.07) is 6.35. The van der Waals surface area contributed by atoms with E-state index in [1.165, 1.54) is 16.7 Å². The molecular weight excluding hydrogens is 406 g/mol. The zero-order valence-corrected chi connectivity index (χ0v) is 17.8. The van der Waals surface area contributed by atoms with E-state index in [4.69, 9.17) is 5.11 Å². The van der Waals surface area contributed by atoms with Crippen LogP contribution in [0, 0.1) is 0 Å². The number of nitrogens with one attached hydrogen (secondary N) is 1. The van der Waals surface area contributed by atoms with Crippen LogP contribution in [-0.4, -0.2) is 69.4 Å². The number of thioether (sulfide) groups is 1. The van der Waals surface area contributed by atoms with Gasteiger partial charge in [0.05, 0.1) is 0 Å². The lowest BCUT2D eigenvalue weighted by Crippen LogP contribution is -2.42. The number of amides is 4. The number of carboxylic acids is 1. The van der Waals surface area contributed by atoms with Gasteiger partial charge in [0.2, 0.25) is 5.91 Å². The van der Waals surface area contributed by atoms with Crippen LogP contribution in [0.1, 0.15) is 36.8 Å². The van der Waals surface area contributed by atoms with E-state index in [0.29, 0.717) is 44.5 Å². The van der Waals surface area contributed by atoms with Gasteiger partial charge in [0, 0.05) is 31.7 Å². The van der Waals surface area contributed by atoms with E-state index < -0.39 is 18.1 Å². The molecule has 2 aliphatic heterocycles. The second-order valence-corrected chi connectivity index (χ2v) is 8.52. The first kappa shape index (κ1) is 22.1. The second-order valence-electron chi connectivity index (χ2n) is 7.61. The van der Waals surface area contributed by atoms with Crippen LogP contribution in [0.25, 0.3) is 0 Å². The van der Waals surface area contributed by atoms with Crippen molar-refractivity contribution in [2.75, 3.05) is 18.6 Å². The minimum atomic E-state index is -1.04. The molecule has 1 aromatic rings. The van der Waals surface area contributed by atoms with Gasteiger partial charge in [0.1, 0.15) is 12.1 Å². The van der Waals surface area contributed by atoms with Gasteiger partial charge in [0.15, 0.2) is 0 Å². The average Bonchev–Trinajstić information content (AvgIpc) is 2.95. The molecule has 3 rings (SSSR count). The normalized spacial score (nSPS) is 18.8. The third-order valence-corrected chi connectivity index (χ3v) is 6.20. The summed E-state index contributed by atoms with van der Waals surface area (Å²) in [5.74, 6) is -1.16. The van der Waals surface area contributed by atoms with Crippen molar-refractivity contribution in [2.45, 2.75) is 50.7 Å². The monoisotopic (exact) mass is 433 g/mol. The Morgan fingerprint density at radius 3 is 2.63 bits per heavy atom. The van der Waals surface area contributed by atoms with Crippen LogP contribution in [0.5, 0.6) is 0 Å². The first-order chi connectivity index (χ1) is 14.4. The van der Waals surface area contributed by atoms with Crippen molar-refractivity contribution in [1.29, 1.82) is 0 Å². The fourth-order valence-electron chi connectivity index (χ4n) is 3.92. The minimum Gasteiger partial charge on any atom is -0.480 e. The highest BCUT2D eigenvalue weighted by Gasteiger charge is 2.46. The number of rotatable bonds is 10. The Hall–Kier alpha value is -2.55. The van der Waals surface area contributed by atoms with E-state index in [-0.39, 0.29) is 24.3 Å². The van der Waals surface area contributed by atoms with Gasteiger partial charge >= 0.3 is 12.0 Å². The molecule has 0 unspecified atom stereocenters.